The molecule has 0 fully saturated rings. The van der Waals surface area contributed by atoms with E-state index in [4.69, 9.17) is 10.5 Å². The number of aryl methyl sites for hydroxylation is 2. The van der Waals surface area contributed by atoms with Crippen LogP contribution < -0.4 is 10.5 Å². The molecule has 0 amide bonds. The number of ether oxygens (including phenoxy) is 1. The van der Waals surface area contributed by atoms with Crippen LogP contribution in [0.4, 0.5) is 0 Å². The summed E-state index contributed by atoms with van der Waals surface area (Å²) in [6.45, 7) is 4.27. The summed E-state index contributed by atoms with van der Waals surface area (Å²) in [5.41, 5.74) is 8.69. The molecule has 0 bridgehead atoms. The number of hydrogen-bond donors (Lipinski definition) is 1. The van der Waals surface area contributed by atoms with Gasteiger partial charge in [-0.15, -0.1) is 11.3 Å². The molecule has 2 aromatic rings. The number of thiophene rings is 1. The van der Waals surface area contributed by atoms with Crippen molar-refractivity contribution in [1.82, 2.24) is 0 Å². The van der Waals surface area contributed by atoms with Gasteiger partial charge >= 0.3 is 0 Å². The van der Waals surface area contributed by atoms with Gasteiger partial charge in [-0.25, -0.2) is 0 Å². The summed E-state index contributed by atoms with van der Waals surface area (Å²) in [7, 11) is 0. The molecule has 3 heteroatoms. The average molecular weight is 273 g/mol. The maximum absolute atomic E-state index is 6.31. The van der Waals surface area contributed by atoms with E-state index in [1.807, 2.05) is 17.4 Å². The SMILES string of the molecule is CCc1ccc(C2C[C@H](N)c3cc(C)ccc3O2)s1. The van der Waals surface area contributed by atoms with Crippen LogP contribution in [0.2, 0.25) is 0 Å². The van der Waals surface area contributed by atoms with Gasteiger partial charge in [-0.2, -0.15) is 0 Å². The van der Waals surface area contributed by atoms with Gasteiger partial charge in [0.25, 0.3) is 0 Å². The van der Waals surface area contributed by atoms with Crippen LogP contribution in [0.5, 0.6) is 5.75 Å². The molecule has 0 aliphatic carbocycles. The fraction of sp³-hybridized carbons (Fsp3) is 0.375. The number of hydrogen-bond acceptors (Lipinski definition) is 3. The Morgan fingerprint density at radius 1 is 1.32 bits per heavy atom. The van der Waals surface area contributed by atoms with Crippen molar-refractivity contribution in [1.29, 1.82) is 0 Å². The number of fused-ring (bicyclic) bond motifs is 1. The topological polar surface area (TPSA) is 35.2 Å². The quantitative estimate of drug-likeness (QED) is 0.892. The zero-order chi connectivity index (χ0) is 13.4. The van der Waals surface area contributed by atoms with Crippen LogP contribution >= 0.6 is 11.3 Å². The summed E-state index contributed by atoms with van der Waals surface area (Å²) in [4.78, 5) is 2.69. The van der Waals surface area contributed by atoms with E-state index in [2.05, 4.69) is 38.1 Å². The largest absolute Gasteiger partial charge is 0.484 e. The summed E-state index contributed by atoms with van der Waals surface area (Å²) >= 11 is 1.84. The highest BCUT2D eigenvalue weighted by atomic mass is 32.1. The van der Waals surface area contributed by atoms with Gasteiger partial charge in [0.15, 0.2) is 0 Å². The number of nitrogens with two attached hydrogens (primary N) is 1. The molecule has 100 valence electrons. The van der Waals surface area contributed by atoms with E-state index < -0.39 is 0 Å². The monoisotopic (exact) mass is 273 g/mol. The summed E-state index contributed by atoms with van der Waals surface area (Å²) in [6, 6.07) is 10.7. The first-order valence-electron chi connectivity index (χ1n) is 6.78. The first-order chi connectivity index (χ1) is 9.17. The van der Waals surface area contributed by atoms with E-state index >= 15 is 0 Å². The third-order valence-electron chi connectivity index (χ3n) is 3.65. The zero-order valence-corrected chi connectivity index (χ0v) is 12.2. The Kier molecular flexibility index (Phi) is 3.33. The molecule has 0 spiro atoms. The molecule has 19 heavy (non-hydrogen) atoms. The molecule has 1 aliphatic rings. The van der Waals surface area contributed by atoms with Crippen molar-refractivity contribution in [3.8, 4) is 5.75 Å². The van der Waals surface area contributed by atoms with Crippen LogP contribution in [0.25, 0.3) is 0 Å². The van der Waals surface area contributed by atoms with Crippen molar-refractivity contribution >= 4 is 11.3 Å². The first-order valence-corrected chi connectivity index (χ1v) is 7.60. The average Bonchev–Trinajstić information content (AvgIpc) is 2.88. The predicted molar refractivity (Wildman–Crippen MR) is 79.8 cm³/mol. The van der Waals surface area contributed by atoms with Crippen LogP contribution in [0.15, 0.2) is 30.3 Å². The Hall–Kier alpha value is -1.32. The highest BCUT2D eigenvalue weighted by Crippen LogP contribution is 2.41. The van der Waals surface area contributed by atoms with Crippen LogP contribution in [-0.2, 0) is 6.42 Å². The summed E-state index contributed by atoms with van der Waals surface area (Å²) in [6.07, 6.45) is 2.05. The Labute approximate surface area is 118 Å². The standard InChI is InChI=1S/C16H19NOS/c1-3-11-5-7-16(19-11)15-9-13(17)12-8-10(2)4-6-14(12)18-15/h4-8,13,15H,3,9,17H2,1-2H3/t13-,15?/m0/s1. The van der Waals surface area contributed by atoms with Gasteiger partial charge < -0.3 is 10.5 Å². The molecule has 3 rings (SSSR count). The smallest absolute Gasteiger partial charge is 0.135 e. The molecule has 2 nitrogen and oxygen atoms in total. The maximum atomic E-state index is 6.31. The van der Waals surface area contributed by atoms with E-state index in [1.165, 1.54) is 15.3 Å². The highest BCUT2D eigenvalue weighted by molar-refractivity contribution is 7.12. The van der Waals surface area contributed by atoms with Crippen LogP contribution in [0, 0.1) is 6.92 Å². The molecule has 2 heterocycles. The van der Waals surface area contributed by atoms with Crippen molar-refractivity contribution in [2.24, 2.45) is 5.73 Å². The maximum Gasteiger partial charge on any atom is 0.135 e. The molecule has 1 aliphatic heterocycles. The molecule has 2 atom stereocenters. The third-order valence-corrected chi connectivity index (χ3v) is 4.97. The molecular formula is C16H19NOS. The predicted octanol–water partition coefficient (Wildman–Crippen LogP) is 4.14. The molecular weight excluding hydrogens is 254 g/mol. The Balaban J connectivity index is 1.90. The minimum Gasteiger partial charge on any atom is -0.484 e. The molecule has 2 N–H and O–H groups in total. The van der Waals surface area contributed by atoms with E-state index in [0.29, 0.717) is 0 Å². The lowest BCUT2D eigenvalue weighted by Gasteiger charge is -2.30. The molecule has 0 saturated carbocycles. The molecule has 1 unspecified atom stereocenters. The Morgan fingerprint density at radius 2 is 2.16 bits per heavy atom. The van der Waals surface area contributed by atoms with Gasteiger partial charge in [-0.3, -0.25) is 0 Å². The molecule has 0 saturated heterocycles. The van der Waals surface area contributed by atoms with Gasteiger partial charge in [0.05, 0.1) is 0 Å². The van der Waals surface area contributed by atoms with Gasteiger partial charge in [0, 0.05) is 27.8 Å². The fourth-order valence-corrected chi connectivity index (χ4v) is 3.55. The van der Waals surface area contributed by atoms with Crippen molar-refractivity contribution in [3.63, 3.8) is 0 Å². The summed E-state index contributed by atoms with van der Waals surface area (Å²) in [5.74, 6) is 0.945. The lowest BCUT2D eigenvalue weighted by Crippen LogP contribution is -2.23. The van der Waals surface area contributed by atoms with Crippen LogP contribution in [0.1, 0.15) is 46.4 Å². The highest BCUT2D eigenvalue weighted by Gasteiger charge is 2.27. The summed E-state index contributed by atoms with van der Waals surface area (Å²) < 4.78 is 6.13. The van der Waals surface area contributed by atoms with Crippen molar-refractivity contribution in [2.75, 3.05) is 0 Å². The van der Waals surface area contributed by atoms with Crippen molar-refractivity contribution in [2.45, 2.75) is 38.8 Å². The Morgan fingerprint density at radius 3 is 2.89 bits per heavy atom. The first kappa shape index (κ1) is 12.7. The van der Waals surface area contributed by atoms with E-state index in [0.717, 1.165) is 24.2 Å². The summed E-state index contributed by atoms with van der Waals surface area (Å²) in [5, 5.41) is 0. The minimum absolute atomic E-state index is 0.0702. The lowest BCUT2D eigenvalue weighted by molar-refractivity contribution is 0.165. The van der Waals surface area contributed by atoms with Gasteiger partial charge in [0.1, 0.15) is 11.9 Å². The van der Waals surface area contributed by atoms with Crippen LogP contribution in [-0.4, -0.2) is 0 Å². The molecule has 1 aromatic carbocycles. The van der Waals surface area contributed by atoms with Crippen molar-refractivity contribution in [3.05, 3.63) is 51.2 Å². The minimum atomic E-state index is 0.0702. The van der Waals surface area contributed by atoms with Gasteiger partial charge in [-0.05, 0) is 31.5 Å². The van der Waals surface area contributed by atoms with E-state index in [1.54, 1.807) is 0 Å². The van der Waals surface area contributed by atoms with Gasteiger partial charge in [-0.1, -0.05) is 24.6 Å². The zero-order valence-electron chi connectivity index (χ0n) is 11.3. The fourth-order valence-electron chi connectivity index (χ4n) is 2.56. The lowest BCUT2D eigenvalue weighted by atomic mass is 9.95. The van der Waals surface area contributed by atoms with Crippen molar-refractivity contribution < 1.29 is 4.74 Å². The second-order valence-electron chi connectivity index (χ2n) is 5.15. The normalized spacial score (nSPS) is 21.8. The Bertz CT molecular complexity index is 590. The number of benzene rings is 1. The number of rotatable bonds is 2. The van der Waals surface area contributed by atoms with E-state index in [9.17, 15) is 0 Å². The second-order valence-corrected chi connectivity index (χ2v) is 6.35. The second kappa shape index (κ2) is 4.99. The van der Waals surface area contributed by atoms with Gasteiger partial charge in [0.2, 0.25) is 0 Å². The molecule has 0 radical (unpaired) electrons. The van der Waals surface area contributed by atoms with Crippen LogP contribution in [0.3, 0.4) is 0 Å². The van der Waals surface area contributed by atoms with E-state index in [-0.39, 0.29) is 12.1 Å². The molecule has 1 aromatic heterocycles. The third kappa shape index (κ3) is 2.40.